The van der Waals surface area contributed by atoms with Gasteiger partial charge in [0.15, 0.2) is 0 Å². The predicted octanol–water partition coefficient (Wildman–Crippen LogP) is 4.21. The molecule has 0 radical (unpaired) electrons. The Morgan fingerprint density at radius 1 is 1.06 bits per heavy atom. The van der Waals surface area contributed by atoms with Gasteiger partial charge in [-0.05, 0) is 42.8 Å². The molecule has 2 amide bonds. The molecule has 0 unspecified atom stereocenters. The summed E-state index contributed by atoms with van der Waals surface area (Å²) in [5, 5.41) is 10.5. The van der Waals surface area contributed by atoms with Gasteiger partial charge >= 0.3 is 0 Å². The fourth-order valence-corrected chi connectivity index (χ4v) is 3.47. The van der Waals surface area contributed by atoms with Gasteiger partial charge in [-0.25, -0.2) is 0 Å². The average molecular weight is 436 g/mol. The van der Waals surface area contributed by atoms with Gasteiger partial charge in [-0.2, -0.15) is 0 Å². The summed E-state index contributed by atoms with van der Waals surface area (Å²) in [6, 6.07) is 12.4. The molecular formula is C26H33N3O3. The number of hydrogen-bond donors (Lipinski definition) is 1. The molecule has 0 aliphatic carbocycles. The fourth-order valence-electron chi connectivity index (χ4n) is 3.47. The van der Waals surface area contributed by atoms with Crippen LogP contribution in [-0.4, -0.2) is 53.9 Å². The lowest BCUT2D eigenvalue weighted by Crippen LogP contribution is -2.27. The maximum absolute atomic E-state index is 12.4. The quantitative estimate of drug-likeness (QED) is 0.378. The molecule has 2 aromatic rings. The Balaban J connectivity index is 2.23. The Bertz CT molecular complexity index is 924. The number of phenolic OH excluding ortho intramolecular Hbond substituents is 1. The molecule has 6 heteroatoms. The predicted molar refractivity (Wildman–Crippen MR) is 130 cm³/mol. The number of nitrogens with zero attached hydrogens (tertiary/aromatic N) is 3. The minimum atomic E-state index is -0.0851. The normalized spacial score (nSPS) is 10.6. The lowest BCUT2D eigenvalue weighted by atomic mass is 10.1. The summed E-state index contributed by atoms with van der Waals surface area (Å²) in [7, 11) is 1.73. The first-order chi connectivity index (χ1) is 15.4. The number of likely N-dealkylation sites (N-methyl/N-ethyl adjacent to an activating group) is 1. The zero-order valence-corrected chi connectivity index (χ0v) is 19.0. The molecular weight excluding hydrogens is 402 g/mol. The molecule has 0 atom stereocenters. The van der Waals surface area contributed by atoms with Crippen LogP contribution in [0, 0.1) is 0 Å². The van der Waals surface area contributed by atoms with Crippen LogP contribution in [0.1, 0.15) is 34.8 Å². The van der Waals surface area contributed by atoms with Gasteiger partial charge in [0.2, 0.25) is 6.41 Å². The fraction of sp³-hybridized carbons (Fsp3) is 0.308. The summed E-state index contributed by atoms with van der Waals surface area (Å²) in [4.78, 5) is 29.8. The van der Waals surface area contributed by atoms with Gasteiger partial charge in [-0.1, -0.05) is 37.3 Å². The molecule has 0 aliphatic rings. The zero-order valence-electron chi connectivity index (χ0n) is 19.0. The minimum absolute atomic E-state index is 0.0851. The van der Waals surface area contributed by atoms with Gasteiger partial charge in [0.25, 0.3) is 5.91 Å². The second-order valence-corrected chi connectivity index (χ2v) is 7.63. The third kappa shape index (κ3) is 6.56. The lowest BCUT2D eigenvalue weighted by Gasteiger charge is -2.26. The van der Waals surface area contributed by atoms with Crippen LogP contribution >= 0.6 is 0 Å². The van der Waals surface area contributed by atoms with Gasteiger partial charge in [0.05, 0.1) is 12.2 Å². The second kappa shape index (κ2) is 12.5. The largest absolute Gasteiger partial charge is 0.508 e. The number of rotatable bonds is 13. The summed E-state index contributed by atoms with van der Waals surface area (Å²) < 4.78 is 0. The van der Waals surface area contributed by atoms with E-state index in [1.54, 1.807) is 47.2 Å². The van der Waals surface area contributed by atoms with Gasteiger partial charge in [0.1, 0.15) is 5.75 Å². The molecule has 0 fully saturated rings. The molecule has 2 aromatic carbocycles. The number of aromatic hydroxyl groups is 1. The highest BCUT2D eigenvalue weighted by Gasteiger charge is 2.17. The Kier molecular flexibility index (Phi) is 9.70. The van der Waals surface area contributed by atoms with Gasteiger partial charge in [-0.15, -0.1) is 13.2 Å². The van der Waals surface area contributed by atoms with Crippen molar-refractivity contribution < 1.29 is 14.7 Å². The Morgan fingerprint density at radius 2 is 1.78 bits per heavy atom. The van der Waals surface area contributed by atoms with Crippen molar-refractivity contribution in [2.24, 2.45) is 0 Å². The minimum Gasteiger partial charge on any atom is -0.508 e. The van der Waals surface area contributed by atoms with Crippen LogP contribution in [0.5, 0.6) is 5.75 Å². The highest BCUT2D eigenvalue weighted by atomic mass is 16.3. The van der Waals surface area contributed by atoms with Crippen molar-refractivity contribution in [1.82, 2.24) is 9.80 Å². The van der Waals surface area contributed by atoms with Crippen molar-refractivity contribution in [3.05, 3.63) is 84.5 Å². The molecule has 0 heterocycles. The molecule has 0 aromatic heterocycles. The number of hydrogen-bond acceptors (Lipinski definition) is 4. The summed E-state index contributed by atoms with van der Waals surface area (Å²) in [6.45, 7) is 12.5. The Labute approximate surface area is 191 Å². The summed E-state index contributed by atoms with van der Waals surface area (Å²) in [5.41, 5.74) is 2.84. The number of benzene rings is 2. The standard InChI is InChI=1S/C26H33N3O3/c1-5-8-17-28(7-3)19-23-24(10-9-11-25(23)31)29(20-30)18-21-12-14-22(15-13-21)26(32)27(4)16-6-2/h5-6,9-15,20,31H,1-2,7-8,16-19H2,3-4H3. The van der Waals surface area contributed by atoms with E-state index in [-0.39, 0.29) is 11.7 Å². The van der Waals surface area contributed by atoms with Crippen molar-refractivity contribution >= 4 is 18.0 Å². The number of carbonyl (C=O) groups excluding carboxylic acids is 2. The second-order valence-electron chi connectivity index (χ2n) is 7.63. The molecule has 0 aliphatic heterocycles. The Hall–Kier alpha value is -3.38. The maximum atomic E-state index is 12.4. The van der Waals surface area contributed by atoms with Gasteiger partial charge in [-0.3, -0.25) is 14.5 Å². The SMILES string of the molecule is C=CCCN(CC)Cc1c(O)cccc1N(C=O)Cc1ccc(C(=O)N(C)CC=C)cc1. The number of phenols is 1. The summed E-state index contributed by atoms with van der Waals surface area (Å²) in [5.74, 6) is 0.0794. The van der Waals surface area contributed by atoms with E-state index < -0.39 is 0 Å². The molecule has 2 rings (SSSR count). The molecule has 1 N–H and O–H groups in total. The van der Waals surface area contributed by atoms with Crippen LogP contribution in [0.4, 0.5) is 5.69 Å². The van der Waals surface area contributed by atoms with Gasteiger partial charge < -0.3 is 14.9 Å². The molecule has 0 saturated heterocycles. The topological polar surface area (TPSA) is 64.1 Å². The van der Waals surface area contributed by atoms with Crippen LogP contribution in [0.15, 0.2) is 67.8 Å². The smallest absolute Gasteiger partial charge is 0.253 e. The molecule has 170 valence electrons. The van der Waals surface area contributed by atoms with Crippen molar-refractivity contribution in [2.45, 2.75) is 26.4 Å². The lowest BCUT2D eigenvalue weighted by molar-refractivity contribution is -0.107. The monoisotopic (exact) mass is 435 g/mol. The molecule has 0 saturated carbocycles. The number of amides is 2. The number of anilines is 1. The molecule has 6 nitrogen and oxygen atoms in total. The van der Waals surface area contributed by atoms with E-state index >= 15 is 0 Å². The van der Waals surface area contributed by atoms with Crippen LogP contribution in [0.25, 0.3) is 0 Å². The first-order valence-electron chi connectivity index (χ1n) is 10.8. The van der Waals surface area contributed by atoms with E-state index in [2.05, 4.69) is 25.0 Å². The first-order valence-corrected chi connectivity index (χ1v) is 10.8. The van der Waals surface area contributed by atoms with Crippen molar-refractivity contribution in [3.8, 4) is 5.75 Å². The Morgan fingerprint density at radius 3 is 2.38 bits per heavy atom. The molecule has 0 spiro atoms. The van der Waals surface area contributed by atoms with E-state index in [4.69, 9.17) is 0 Å². The third-order valence-corrected chi connectivity index (χ3v) is 5.35. The summed E-state index contributed by atoms with van der Waals surface area (Å²) >= 11 is 0. The highest BCUT2D eigenvalue weighted by Crippen LogP contribution is 2.30. The van der Waals surface area contributed by atoms with Crippen molar-refractivity contribution in [2.75, 3.05) is 31.6 Å². The van der Waals surface area contributed by atoms with Crippen LogP contribution in [-0.2, 0) is 17.9 Å². The van der Waals surface area contributed by atoms with E-state index in [0.717, 1.165) is 31.5 Å². The molecule has 0 bridgehead atoms. The van der Waals surface area contributed by atoms with Crippen molar-refractivity contribution in [3.63, 3.8) is 0 Å². The van der Waals surface area contributed by atoms with Crippen LogP contribution in [0.2, 0.25) is 0 Å². The van der Waals surface area contributed by atoms with E-state index in [1.165, 1.54) is 0 Å². The first kappa shape index (κ1) is 24.9. The summed E-state index contributed by atoms with van der Waals surface area (Å²) in [6.07, 6.45) is 5.17. The molecule has 32 heavy (non-hydrogen) atoms. The van der Waals surface area contributed by atoms with Crippen LogP contribution < -0.4 is 4.90 Å². The van der Waals surface area contributed by atoms with E-state index in [1.807, 2.05) is 24.3 Å². The zero-order chi connectivity index (χ0) is 23.5. The van der Waals surface area contributed by atoms with Gasteiger partial charge in [0, 0.05) is 37.8 Å². The third-order valence-electron chi connectivity index (χ3n) is 5.35. The van der Waals surface area contributed by atoms with E-state index in [0.29, 0.717) is 36.4 Å². The maximum Gasteiger partial charge on any atom is 0.253 e. The highest BCUT2D eigenvalue weighted by molar-refractivity contribution is 5.94. The average Bonchev–Trinajstić information content (AvgIpc) is 2.81. The van der Waals surface area contributed by atoms with Crippen molar-refractivity contribution in [1.29, 1.82) is 0 Å². The van der Waals surface area contributed by atoms with E-state index in [9.17, 15) is 14.7 Å². The van der Waals surface area contributed by atoms with Crippen LogP contribution in [0.3, 0.4) is 0 Å². The number of carbonyl (C=O) groups is 2.